The fourth-order valence-electron chi connectivity index (χ4n) is 3.22. The molecule has 1 aliphatic heterocycles. The van der Waals surface area contributed by atoms with Gasteiger partial charge in [-0.2, -0.15) is 5.10 Å². The molecule has 2 aromatic rings. The molecule has 0 aliphatic carbocycles. The van der Waals surface area contributed by atoms with Crippen molar-refractivity contribution in [2.45, 2.75) is 40.2 Å². The lowest BCUT2D eigenvalue weighted by Crippen LogP contribution is -2.39. The summed E-state index contributed by atoms with van der Waals surface area (Å²) < 4.78 is 2.10. The number of hydrogen-bond donors (Lipinski definition) is 2. The van der Waals surface area contributed by atoms with Crippen molar-refractivity contribution >= 4 is 28.9 Å². The summed E-state index contributed by atoms with van der Waals surface area (Å²) in [5, 5.41) is 8.45. The second kappa shape index (κ2) is 11.6. The summed E-state index contributed by atoms with van der Waals surface area (Å²) in [5.74, 6) is 0.0731. The van der Waals surface area contributed by atoms with Crippen LogP contribution in [0.5, 0.6) is 0 Å². The largest absolute Gasteiger partial charge is 0.353 e. The molecule has 3 rings (SSSR count). The van der Waals surface area contributed by atoms with E-state index in [1.165, 1.54) is 5.69 Å². The van der Waals surface area contributed by atoms with Crippen molar-refractivity contribution in [3.63, 3.8) is 0 Å². The van der Waals surface area contributed by atoms with Crippen LogP contribution in [0.15, 0.2) is 41.6 Å². The van der Waals surface area contributed by atoms with Crippen molar-refractivity contribution in [3.8, 4) is 0 Å². The lowest BCUT2D eigenvalue weighted by atomic mass is 9.98. The van der Waals surface area contributed by atoms with Crippen LogP contribution in [0.1, 0.15) is 44.9 Å². The molecule has 0 bridgehead atoms. The molecule has 29 heavy (non-hydrogen) atoms. The number of aromatic nitrogens is 1. The van der Waals surface area contributed by atoms with Gasteiger partial charge in [-0.25, -0.2) is 0 Å². The number of carbonyl (C=O) groups excluding carboxylic acids is 1. The second-order valence-electron chi connectivity index (χ2n) is 6.59. The third-order valence-corrected chi connectivity index (χ3v) is 4.88. The van der Waals surface area contributed by atoms with Gasteiger partial charge >= 0.3 is 0 Å². The summed E-state index contributed by atoms with van der Waals surface area (Å²) in [6.07, 6.45) is 3.20. The number of carbonyl (C=O) groups is 1. The van der Waals surface area contributed by atoms with Crippen molar-refractivity contribution in [2.24, 2.45) is 12.1 Å². The first kappa shape index (κ1) is 23.0. The van der Waals surface area contributed by atoms with Gasteiger partial charge in [-0.1, -0.05) is 25.4 Å². The van der Waals surface area contributed by atoms with Gasteiger partial charge in [0.1, 0.15) is 0 Å². The van der Waals surface area contributed by atoms with E-state index in [1.54, 1.807) is 0 Å². The third kappa shape index (κ3) is 6.08. The number of fused-ring (bicyclic) bond motifs is 1. The van der Waals surface area contributed by atoms with Crippen LogP contribution < -0.4 is 15.6 Å². The Hall–Kier alpha value is -2.31. The summed E-state index contributed by atoms with van der Waals surface area (Å²) in [6.45, 7) is 9.02. The van der Waals surface area contributed by atoms with E-state index in [9.17, 15) is 4.79 Å². The molecule has 0 spiro atoms. The van der Waals surface area contributed by atoms with Gasteiger partial charge in [0, 0.05) is 49.2 Å². The fourth-order valence-corrected chi connectivity index (χ4v) is 3.39. The van der Waals surface area contributed by atoms with E-state index in [-0.39, 0.29) is 12.3 Å². The summed E-state index contributed by atoms with van der Waals surface area (Å²) >= 11 is 6.18. The normalized spacial score (nSPS) is 14.4. The fraction of sp³-hybridized carbons (Fsp3) is 0.455. The first-order valence-corrected chi connectivity index (χ1v) is 10.7. The maximum Gasteiger partial charge on any atom is 0.233 e. The molecule has 1 aromatic heterocycles. The van der Waals surface area contributed by atoms with Gasteiger partial charge in [0.2, 0.25) is 5.91 Å². The Morgan fingerprint density at radius 3 is 2.72 bits per heavy atom. The van der Waals surface area contributed by atoms with E-state index in [0.29, 0.717) is 18.1 Å². The molecule has 0 radical (unpaired) electrons. The lowest BCUT2D eigenvalue weighted by Gasteiger charge is -2.30. The Bertz CT molecular complexity index is 830. The Morgan fingerprint density at radius 1 is 1.24 bits per heavy atom. The number of hydrogen-bond acceptors (Lipinski definition) is 4. The number of rotatable bonds is 8. The Morgan fingerprint density at radius 2 is 2.03 bits per heavy atom. The predicted octanol–water partition coefficient (Wildman–Crippen LogP) is 3.93. The highest BCUT2D eigenvalue weighted by Gasteiger charge is 2.28. The Balaban J connectivity index is 0.00000145. The highest BCUT2D eigenvalue weighted by Crippen LogP contribution is 2.30. The minimum Gasteiger partial charge on any atom is -0.353 e. The predicted molar refractivity (Wildman–Crippen MR) is 122 cm³/mol. The van der Waals surface area contributed by atoms with Crippen LogP contribution in [-0.2, 0) is 18.4 Å². The van der Waals surface area contributed by atoms with Gasteiger partial charge in [0.25, 0.3) is 0 Å². The number of nitrogens with one attached hydrogen (secondary N) is 2. The molecular weight excluding hydrogens is 386 g/mol. The molecule has 1 amide bonds. The zero-order chi connectivity index (χ0) is 21.2. The zero-order valence-corrected chi connectivity index (χ0v) is 18.6. The summed E-state index contributed by atoms with van der Waals surface area (Å²) in [6, 6.07) is 9.77. The monoisotopic (exact) mass is 417 g/mol. The number of hydrazone groups is 1. The zero-order valence-electron chi connectivity index (χ0n) is 17.8. The molecule has 2 N–H and O–H groups in total. The topological polar surface area (TPSA) is 61.7 Å². The number of anilines is 1. The molecule has 2 heterocycles. The molecule has 7 heteroatoms. The van der Waals surface area contributed by atoms with E-state index in [4.69, 9.17) is 11.6 Å². The van der Waals surface area contributed by atoms with Gasteiger partial charge in [-0.15, -0.1) is 0 Å². The highest BCUT2D eigenvalue weighted by atomic mass is 35.5. The smallest absolute Gasteiger partial charge is 0.233 e. The van der Waals surface area contributed by atoms with Crippen LogP contribution in [0.3, 0.4) is 0 Å². The van der Waals surface area contributed by atoms with E-state index in [2.05, 4.69) is 26.5 Å². The van der Waals surface area contributed by atoms with Crippen molar-refractivity contribution in [2.75, 3.05) is 24.5 Å². The summed E-state index contributed by atoms with van der Waals surface area (Å²) in [7, 11) is 2.04. The SMILES string of the molecule is CC.CCN/N=C1\CC(=O)N(CCCNCc2cccn2C)c2ccc(Cl)cc21. The van der Waals surface area contributed by atoms with Gasteiger partial charge in [0.15, 0.2) is 0 Å². The Kier molecular flexibility index (Phi) is 9.22. The minimum absolute atomic E-state index is 0.0731. The molecule has 0 fully saturated rings. The summed E-state index contributed by atoms with van der Waals surface area (Å²) in [5.41, 5.74) is 6.76. The maximum atomic E-state index is 12.7. The Labute approximate surface area is 178 Å². The van der Waals surface area contributed by atoms with Gasteiger partial charge in [-0.05, 0) is 50.2 Å². The standard InChI is InChI=1S/C20H26ClN5O.C2H6/c1-3-23-24-18-13-20(27)26(19-8-7-15(21)12-17(18)19)11-5-9-22-14-16-6-4-10-25(16)2;1-2/h4,6-8,10,12,22-23H,3,5,9,11,13-14H2,1-2H3;1-2H3/b24-18+;. The van der Waals surface area contributed by atoms with Crippen molar-refractivity contribution in [1.29, 1.82) is 0 Å². The van der Waals surface area contributed by atoms with Gasteiger partial charge in [0.05, 0.1) is 17.8 Å². The van der Waals surface area contributed by atoms with Crippen LogP contribution in [0.25, 0.3) is 0 Å². The molecule has 1 aliphatic rings. The van der Waals surface area contributed by atoms with Gasteiger partial charge in [-0.3, -0.25) is 4.79 Å². The van der Waals surface area contributed by atoms with Crippen molar-refractivity contribution in [1.82, 2.24) is 15.3 Å². The molecule has 0 unspecified atom stereocenters. The molecule has 0 saturated heterocycles. The first-order valence-electron chi connectivity index (χ1n) is 10.3. The van der Waals surface area contributed by atoms with E-state index >= 15 is 0 Å². The van der Waals surface area contributed by atoms with E-state index in [0.717, 1.165) is 36.5 Å². The number of halogens is 1. The van der Waals surface area contributed by atoms with E-state index < -0.39 is 0 Å². The van der Waals surface area contributed by atoms with E-state index in [1.807, 2.05) is 63.2 Å². The van der Waals surface area contributed by atoms with Gasteiger partial charge < -0.3 is 20.2 Å². The number of nitrogens with zero attached hydrogens (tertiary/aromatic N) is 3. The highest BCUT2D eigenvalue weighted by molar-refractivity contribution is 6.32. The number of benzene rings is 1. The first-order chi connectivity index (χ1) is 14.1. The average molecular weight is 418 g/mol. The third-order valence-electron chi connectivity index (χ3n) is 4.64. The van der Waals surface area contributed by atoms with Crippen LogP contribution in [0, 0.1) is 0 Å². The number of amides is 1. The molecule has 1 aromatic carbocycles. The van der Waals surface area contributed by atoms with Crippen LogP contribution in [0.4, 0.5) is 5.69 Å². The number of aryl methyl sites for hydroxylation is 1. The van der Waals surface area contributed by atoms with Crippen LogP contribution in [-0.4, -0.2) is 35.8 Å². The lowest BCUT2D eigenvalue weighted by molar-refractivity contribution is -0.117. The van der Waals surface area contributed by atoms with Crippen molar-refractivity contribution < 1.29 is 4.79 Å². The minimum atomic E-state index is 0.0731. The molecule has 0 saturated carbocycles. The van der Waals surface area contributed by atoms with Crippen LogP contribution >= 0.6 is 11.6 Å². The maximum absolute atomic E-state index is 12.7. The molecule has 158 valence electrons. The molecule has 6 nitrogen and oxygen atoms in total. The van der Waals surface area contributed by atoms with Crippen LogP contribution in [0.2, 0.25) is 5.02 Å². The second-order valence-corrected chi connectivity index (χ2v) is 7.03. The molecule has 0 atom stereocenters. The molecular formula is C22H32ClN5O. The quantitative estimate of drug-likeness (QED) is 0.505. The summed E-state index contributed by atoms with van der Waals surface area (Å²) in [4.78, 5) is 14.5. The van der Waals surface area contributed by atoms with Crippen molar-refractivity contribution in [3.05, 3.63) is 52.8 Å². The average Bonchev–Trinajstić information content (AvgIpc) is 3.14.